The fraction of sp³-hybridized carbons (Fsp3) is 0.294. The van der Waals surface area contributed by atoms with E-state index in [0.29, 0.717) is 13.0 Å². The minimum atomic E-state index is 0.134. The van der Waals surface area contributed by atoms with Crippen molar-refractivity contribution < 1.29 is 4.79 Å². The monoisotopic (exact) mass is 268 g/mol. The number of rotatable bonds is 6. The third kappa shape index (κ3) is 3.92. The van der Waals surface area contributed by atoms with Gasteiger partial charge in [0.1, 0.15) is 5.82 Å². The summed E-state index contributed by atoms with van der Waals surface area (Å²) in [5.74, 6) is 0.854. The van der Waals surface area contributed by atoms with Crippen LogP contribution in [-0.4, -0.2) is 10.9 Å². The van der Waals surface area contributed by atoms with E-state index in [2.05, 4.69) is 11.9 Å². The van der Waals surface area contributed by atoms with E-state index >= 15 is 0 Å². The van der Waals surface area contributed by atoms with Crippen molar-refractivity contribution in [3.8, 4) is 0 Å². The lowest BCUT2D eigenvalue weighted by molar-refractivity contribution is -0.118. The second-order valence-corrected chi connectivity index (χ2v) is 4.76. The Hall–Kier alpha value is -2.16. The number of benzene rings is 1. The lowest BCUT2D eigenvalue weighted by atomic mass is 10.2. The van der Waals surface area contributed by atoms with Crippen LogP contribution in [0.15, 0.2) is 54.7 Å². The summed E-state index contributed by atoms with van der Waals surface area (Å²) in [6, 6.07) is 15.7. The van der Waals surface area contributed by atoms with Crippen molar-refractivity contribution in [2.75, 3.05) is 4.90 Å². The Morgan fingerprint density at radius 2 is 1.85 bits per heavy atom. The normalized spacial score (nSPS) is 10.2. The summed E-state index contributed by atoms with van der Waals surface area (Å²) in [6.45, 7) is 2.66. The number of pyridine rings is 1. The van der Waals surface area contributed by atoms with Crippen LogP contribution >= 0.6 is 0 Å². The molecule has 104 valence electrons. The highest BCUT2D eigenvalue weighted by molar-refractivity contribution is 5.92. The van der Waals surface area contributed by atoms with Gasteiger partial charge in [-0.05, 0) is 24.1 Å². The Balaban J connectivity index is 2.18. The molecule has 2 aromatic rings. The molecule has 0 aliphatic heterocycles. The third-order valence-corrected chi connectivity index (χ3v) is 3.15. The minimum Gasteiger partial charge on any atom is -0.292 e. The van der Waals surface area contributed by atoms with Crippen LogP contribution in [0.5, 0.6) is 0 Å². The Morgan fingerprint density at radius 3 is 2.50 bits per heavy atom. The van der Waals surface area contributed by atoms with Gasteiger partial charge in [0.25, 0.3) is 0 Å². The van der Waals surface area contributed by atoms with E-state index in [0.717, 1.165) is 24.2 Å². The Morgan fingerprint density at radius 1 is 1.10 bits per heavy atom. The Bertz CT molecular complexity index is 525. The zero-order valence-electron chi connectivity index (χ0n) is 11.8. The van der Waals surface area contributed by atoms with Crippen LogP contribution in [0.4, 0.5) is 5.82 Å². The smallest absolute Gasteiger partial charge is 0.228 e. The molecule has 1 aromatic carbocycles. The minimum absolute atomic E-state index is 0.134. The summed E-state index contributed by atoms with van der Waals surface area (Å²) in [6.07, 6.45) is 4.23. The predicted molar refractivity (Wildman–Crippen MR) is 81.4 cm³/mol. The Labute approximate surface area is 120 Å². The van der Waals surface area contributed by atoms with E-state index in [1.54, 1.807) is 11.1 Å². The highest BCUT2D eigenvalue weighted by Crippen LogP contribution is 2.16. The van der Waals surface area contributed by atoms with Crippen molar-refractivity contribution >= 4 is 11.7 Å². The first kappa shape index (κ1) is 14.3. The van der Waals surface area contributed by atoms with Gasteiger partial charge in [0.15, 0.2) is 0 Å². The maximum Gasteiger partial charge on any atom is 0.228 e. The summed E-state index contributed by atoms with van der Waals surface area (Å²) in [5.41, 5.74) is 1.11. The zero-order valence-corrected chi connectivity index (χ0v) is 11.8. The molecule has 0 radical (unpaired) electrons. The van der Waals surface area contributed by atoms with Crippen molar-refractivity contribution in [2.24, 2.45) is 0 Å². The Kier molecular flexibility index (Phi) is 5.30. The molecule has 0 saturated heterocycles. The maximum atomic E-state index is 12.4. The van der Waals surface area contributed by atoms with Crippen LogP contribution in [0.3, 0.4) is 0 Å². The van der Waals surface area contributed by atoms with E-state index in [1.165, 1.54) is 0 Å². The molecule has 0 bridgehead atoms. The zero-order chi connectivity index (χ0) is 14.2. The van der Waals surface area contributed by atoms with E-state index in [9.17, 15) is 4.79 Å². The molecule has 3 nitrogen and oxygen atoms in total. The first-order chi connectivity index (χ1) is 9.81. The van der Waals surface area contributed by atoms with Crippen molar-refractivity contribution in [3.05, 3.63) is 60.3 Å². The molecule has 20 heavy (non-hydrogen) atoms. The van der Waals surface area contributed by atoms with Gasteiger partial charge >= 0.3 is 0 Å². The fourth-order valence-corrected chi connectivity index (χ4v) is 2.04. The largest absolute Gasteiger partial charge is 0.292 e. The van der Waals surface area contributed by atoms with Gasteiger partial charge in [-0.15, -0.1) is 0 Å². The third-order valence-electron chi connectivity index (χ3n) is 3.15. The molecular formula is C17H20N2O. The predicted octanol–water partition coefficient (Wildman–Crippen LogP) is 3.81. The number of unbranched alkanes of at least 4 members (excludes halogenated alkanes) is 1. The first-order valence-electron chi connectivity index (χ1n) is 7.06. The second-order valence-electron chi connectivity index (χ2n) is 4.76. The maximum absolute atomic E-state index is 12.4. The molecule has 1 heterocycles. The summed E-state index contributed by atoms with van der Waals surface area (Å²) >= 11 is 0. The van der Waals surface area contributed by atoms with Gasteiger partial charge in [-0.2, -0.15) is 0 Å². The van der Waals surface area contributed by atoms with Crippen LogP contribution < -0.4 is 4.90 Å². The second kappa shape index (κ2) is 7.43. The quantitative estimate of drug-likeness (QED) is 0.798. The van der Waals surface area contributed by atoms with Crippen LogP contribution in [-0.2, 0) is 11.3 Å². The molecule has 3 heteroatoms. The number of amides is 1. The molecule has 0 aliphatic rings. The lowest BCUT2D eigenvalue weighted by Gasteiger charge is -2.22. The van der Waals surface area contributed by atoms with Gasteiger partial charge in [-0.25, -0.2) is 4.98 Å². The SMILES string of the molecule is CCCCC(=O)N(Cc1ccccc1)c1ccccn1. The number of hydrogen-bond acceptors (Lipinski definition) is 2. The fourth-order valence-electron chi connectivity index (χ4n) is 2.04. The van der Waals surface area contributed by atoms with E-state index in [1.807, 2.05) is 48.5 Å². The summed E-state index contributed by atoms with van der Waals surface area (Å²) < 4.78 is 0. The van der Waals surface area contributed by atoms with Crippen LogP contribution in [0, 0.1) is 0 Å². The summed E-state index contributed by atoms with van der Waals surface area (Å²) in [5, 5.41) is 0. The molecule has 0 N–H and O–H groups in total. The summed E-state index contributed by atoms with van der Waals surface area (Å²) in [7, 11) is 0. The van der Waals surface area contributed by atoms with Crippen molar-refractivity contribution in [1.29, 1.82) is 0 Å². The highest BCUT2D eigenvalue weighted by atomic mass is 16.2. The molecule has 1 amide bonds. The number of carbonyl (C=O) groups excluding carboxylic acids is 1. The van der Waals surface area contributed by atoms with E-state index in [4.69, 9.17) is 0 Å². The molecule has 0 atom stereocenters. The molecule has 0 aliphatic carbocycles. The van der Waals surface area contributed by atoms with Gasteiger partial charge in [-0.1, -0.05) is 49.7 Å². The van der Waals surface area contributed by atoms with E-state index < -0.39 is 0 Å². The number of hydrogen-bond donors (Lipinski definition) is 0. The van der Waals surface area contributed by atoms with Crippen LogP contribution in [0.2, 0.25) is 0 Å². The average molecular weight is 268 g/mol. The number of carbonyl (C=O) groups is 1. The van der Waals surface area contributed by atoms with Crippen molar-refractivity contribution in [1.82, 2.24) is 4.98 Å². The van der Waals surface area contributed by atoms with E-state index in [-0.39, 0.29) is 5.91 Å². The van der Waals surface area contributed by atoms with Gasteiger partial charge in [0.2, 0.25) is 5.91 Å². The molecule has 0 saturated carbocycles. The number of anilines is 1. The molecule has 1 aromatic heterocycles. The average Bonchev–Trinajstić information content (AvgIpc) is 2.52. The molecule has 2 rings (SSSR count). The molecule has 0 spiro atoms. The van der Waals surface area contributed by atoms with Crippen molar-refractivity contribution in [2.45, 2.75) is 32.7 Å². The highest BCUT2D eigenvalue weighted by Gasteiger charge is 2.16. The lowest BCUT2D eigenvalue weighted by Crippen LogP contribution is -2.30. The van der Waals surface area contributed by atoms with Gasteiger partial charge < -0.3 is 0 Å². The van der Waals surface area contributed by atoms with Crippen molar-refractivity contribution in [3.63, 3.8) is 0 Å². The molecular weight excluding hydrogens is 248 g/mol. The van der Waals surface area contributed by atoms with Gasteiger partial charge in [-0.3, -0.25) is 9.69 Å². The molecule has 0 fully saturated rings. The van der Waals surface area contributed by atoms with Crippen LogP contribution in [0.25, 0.3) is 0 Å². The topological polar surface area (TPSA) is 33.2 Å². The number of aromatic nitrogens is 1. The summed E-state index contributed by atoms with van der Waals surface area (Å²) in [4.78, 5) is 18.5. The first-order valence-corrected chi connectivity index (χ1v) is 7.06. The molecule has 0 unspecified atom stereocenters. The number of nitrogens with zero attached hydrogens (tertiary/aromatic N) is 2. The van der Waals surface area contributed by atoms with Crippen LogP contribution in [0.1, 0.15) is 31.7 Å². The standard InChI is InChI=1S/C17H20N2O/c1-2-3-12-17(20)19(16-11-7-8-13-18-16)14-15-9-5-4-6-10-15/h4-11,13H,2-3,12,14H2,1H3. The van der Waals surface area contributed by atoms with Gasteiger partial charge in [0, 0.05) is 12.6 Å². The van der Waals surface area contributed by atoms with Gasteiger partial charge in [0.05, 0.1) is 6.54 Å².